The number of halogens is 1. The third kappa shape index (κ3) is 4.85. The maximum atomic E-state index is 14.7. The molecule has 0 aliphatic carbocycles. The number of benzene rings is 2. The van der Waals surface area contributed by atoms with E-state index in [2.05, 4.69) is 29.1 Å². The molecular formula is C32H36BrN3O4S. The number of thioether (sulfide) groups is 1. The summed E-state index contributed by atoms with van der Waals surface area (Å²) in [5.41, 5.74) is 3.47. The number of hydrogen-bond acceptors (Lipinski definition) is 5. The smallest absolute Gasteiger partial charge is 0.251 e. The SMILES string of the molecule is C=CCN(C(=O)[C@H]1[C@@H]2SC3(CC2Br)C(C(=O)N(CC=C)c2cc(C)ccc2C)N(CCO)C(=O)[C@H]13)c1ccccc1. The van der Waals surface area contributed by atoms with Crippen LogP contribution < -0.4 is 9.80 Å². The minimum absolute atomic E-state index is 0.0242. The second kappa shape index (κ2) is 11.8. The Morgan fingerprint density at radius 1 is 1.10 bits per heavy atom. The minimum atomic E-state index is -0.829. The second-order valence-electron chi connectivity index (χ2n) is 11.0. The van der Waals surface area contributed by atoms with Gasteiger partial charge in [0.25, 0.3) is 5.91 Å². The normalized spacial score (nSPS) is 28.0. The molecule has 2 aromatic carbocycles. The Labute approximate surface area is 254 Å². The Morgan fingerprint density at radius 3 is 2.44 bits per heavy atom. The van der Waals surface area contributed by atoms with Crippen LogP contribution in [-0.4, -0.2) is 74.8 Å². The van der Waals surface area contributed by atoms with Gasteiger partial charge in [-0.15, -0.1) is 24.9 Å². The molecule has 6 atom stereocenters. The zero-order valence-corrected chi connectivity index (χ0v) is 25.8. The zero-order chi connectivity index (χ0) is 29.5. The van der Waals surface area contributed by atoms with Crippen LogP contribution in [0, 0.1) is 25.7 Å². The first-order valence-corrected chi connectivity index (χ1v) is 15.7. The summed E-state index contributed by atoms with van der Waals surface area (Å²) < 4.78 is -0.809. The summed E-state index contributed by atoms with van der Waals surface area (Å²) in [5, 5.41) is 9.84. The van der Waals surface area contributed by atoms with Gasteiger partial charge in [0.15, 0.2) is 0 Å². The van der Waals surface area contributed by atoms with Crippen LogP contribution in [-0.2, 0) is 14.4 Å². The molecule has 3 heterocycles. The number of rotatable bonds is 10. The molecule has 0 saturated carbocycles. The first kappa shape index (κ1) is 29.6. The van der Waals surface area contributed by atoms with Crippen molar-refractivity contribution in [3.05, 3.63) is 85.0 Å². The molecule has 3 aliphatic rings. The van der Waals surface area contributed by atoms with Crippen LogP contribution in [0.1, 0.15) is 17.5 Å². The van der Waals surface area contributed by atoms with Crippen LogP contribution in [0.2, 0.25) is 0 Å². The summed E-state index contributed by atoms with van der Waals surface area (Å²) in [6.07, 6.45) is 3.95. The number of para-hydroxylation sites is 1. The van der Waals surface area contributed by atoms with Gasteiger partial charge in [-0.25, -0.2) is 0 Å². The van der Waals surface area contributed by atoms with Crippen LogP contribution in [0.4, 0.5) is 11.4 Å². The first-order chi connectivity index (χ1) is 19.7. The molecule has 7 nitrogen and oxygen atoms in total. The molecule has 1 spiro atoms. The Morgan fingerprint density at radius 2 is 1.78 bits per heavy atom. The zero-order valence-electron chi connectivity index (χ0n) is 23.4. The van der Waals surface area contributed by atoms with Crippen molar-refractivity contribution in [3.63, 3.8) is 0 Å². The van der Waals surface area contributed by atoms with E-state index in [1.165, 1.54) is 4.90 Å². The highest BCUT2D eigenvalue weighted by molar-refractivity contribution is 9.09. The molecule has 2 bridgehead atoms. The lowest BCUT2D eigenvalue weighted by Crippen LogP contribution is -2.56. The van der Waals surface area contributed by atoms with Crippen molar-refractivity contribution in [2.24, 2.45) is 11.8 Å². The van der Waals surface area contributed by atoms with E-state index < -0.39 is 22.6 Å². The van der Waals surface area contributed by atoms with Crippen molar-refractivity contribution in [2.45, 2.75) is 41.1 Å². The number of hydrogen-bond donors (Lipinski definition) is 1. The molecule has 3 saturated heterocycles. The topological polar surface area (TPSA) is 81.2 Å². The van der Waals surface area contributed by atoms with Gasteiger partial charge < -0.3 is 19.8 Å². The quantitative estimate of drug-likeness (QED) is 0.307. The van der Waals surface area contributed by atoms with Crippen LogP contribution in [0.3, 0.4) is 0 Å². The number of amides is 3. The van der Waals surface area contributed by atoms with E-state index in [0.717, 1.165) is 22.5 Å². The van der Waals surface area contributed by atoms with Gasteiger partial charge in [0, 0.05) is 41.1 Å². The highest BCUT2D eigenvalue weighted by atomic mass is 79.9. The fourth-order valence-electron chi connectivity index (χ4n) is 6.87. The Balaban J connectivity index is 1.59. The van der Waals surface area contributed by atoms with Gasteiger partial charge in [-0.1, -0.05) is 58.4 Å². The van der Waals surface area contributed by atoms with Crippen LogP contribution in [0.15, 0.2) is 73.8 Å². The van der Waals surface area contributed by atoms with Crippen molar-refractivity contribution in [2.75, 3.05) is 36.0 Å². The number of anilines is 2. The molecule has 9 heteroatoms. The molecule has 3 fully saturated rings. The van der Waals surface area contributed by atoms with Gasteiger partial charge in [0.1, 0.15) is 6.04 Å². The lowest BCUT2D eigenvalue weighted by Gasteiger charge is -2.38. The van der Waals surface area contributed by atoms with Crippen LogP contribution >= 0.6 is 27.7 Å². The van der Waals surface area contributed by atoms with E-state index in [1.54, 1.807) is 33.7 Å². The highest BCUT2D eigenvalue weighted by Crippen LogP contribution is 2.68. The molecule has 3 aliphatic heterocycles. The van der Waals surface area contributed by atoms with Crippen LogP contribution in [0.5, 0.6) is 0 Å². The molecule has 1 N–H and O–H groups in total. The van der Waals surface area contributed by atoms with E-state index >= 15 is 0 Å². The molecule has 2 aromatic rings. The molecule has 3 amide bonds. The third-order valence-corrected chi connectivity index (χ3v) is 11.7. The Hall–Kier alpha value is -2.88. The van der Waals surface area contributed by atoms with Gasteiger partial charge in [-0.2, -0.15) is 0 Å². The average molecular weight is 639 g/mol. The van der Waals surface area contributed by atoms with Crippen molar-refractivity contribution >= 4 is 56.8 Å². The number of aliphatic hydroxyl groups excluding tert-OH is 1. The summed E-state index contributed by atoms with van der Waals surface area (Å²) >= 11 is 5.43. The summed E-state index contributed by atoms with van der Waals surface area (Å²) in [7, 11) is 0. The number of aryl methyl sites for hydroxylation is 2. The molecule has 41 heavy (non-hydrogen) atoms. The molecule has 0 aromatic heterocycles. The number of β-amino-alcohol motifs (C(OH)–C–C–N with tert-alkyl or cyclic N) is 1. The largest absolute Gasteiger partial charge is 0.395 e. The summed E-state index contributed by atoms with van der Waals surface area (Å²) in [6.45, 7) is 12.0. The Kier molecular flexibility index (Phi) is 8.51. The number of carbonyl (C=O) groups is 3. The third-order valence-electron chi connectivity index (χ3n) is 8.53. The predicted octanol–water partition coefficient (Wildman–Crippen LogP) is 4.50. The number of fused-ring (bicyclic) bond motifs is 1. The number of nitrogens with zero attached hydrogens (tertiary/aromatic N) is 3. The van der Waals surface area contributed by atoms with Gasteiger partial charge in [0.05, 0.1) is 23.2 Å². The standard InChI is InChI=1S/C32H36BrN3O4S/c1-5-14-34(22-10-8-7-9-11-22)29(38)25-26-30(39)36(16-17-37)28(32(26)19-23(33)27(25)41-32)31(40)35(15-6-2)24-18-20(3)12-13-21(24)4/h5-13,18,23,25-28,37H,1-2,14-17,19H2,3-4H3/t23?,25-,26+,27-,28?,32?/m1/s1. The maximum absolute atomic E-state index is 14.7. The lowest BCUT2D eigenvalue weighted by atomic mass is 9.70. The summed E-state index contributed by atoms with van der Waals surface area (Å²) in [6, 6.07) is 14.5. The van der Waals surface area contributed by atoms with Crippen molar-refractivity contribution < 1.29 is 19.5 Å². The minimum Gasteiger partial charge on any atom is -0.395 e. The maximum Gasteiger partial charge on any atom is 0.251 e. The monoisotopic (exact) mass is 637 g/mol. The summed E-state index contributed by atoms with van der Waals surface area (Å²) in [5.74, 6) is -1.91. The number of alkyl halides is 1. The van der Waals surface area contributed by atoms with Gasteiger partial charge in [-0.05, 0) is 49.6 Å². The lowest BCUT2D eigenvalue weighted by molar-refractivity contribution is -0.139. The molecule has 5 rings (SSSR count). The van der Waals surface area contributed by atoms with E-state index in [0.29, 0.717) is 13.0 Å². The van der Waals surface area contributed by atoms with Gasteiger partial charge >= 0.3 is 0 Å². The molecule has 216 valence electrons. The fourth-order valence-corrected chi connectivity index (χ4v) is 10.5. The average Bonchev–Trinajstić information content (AvgIpc) is 3.55. The molecular weight excluding hydrogens is 602 g/mol. The highest BCUT2D eigenvalue weighted by Gasteiger charge is 2.76. The van der Waals surface area contributed by atoms with Crippen molar-refractivity contribution in [1.29, 1.82) is 0 Å². The summed E-state index contributed by atoms with van der Waals surface area (Å²) in [4.78, 5) is 48.1. The Bertz CT molecular complexity index is 1370. The molecule has 0 radical (unpaired) electrons. The van der Waals surface area contributed by atoms with Crippen molar-refractivity contribution in [3.8, 4) is 0 Å². The van der Waals surface area contributed by atoms with E-state index in [1.807, 2.05) is 62.4 Å². The molecule has 3 unspecified atom stereocenters. The van der Waals surface area contributed by atoms with Crippen LogP contribution in [0.25, 0.3) is 0 Å². The number of likely N-dealkylation sites (tertiary alicyclic amines) is 1. The van der Waals surface area contributed by atoms with E-state index in [-0.39, 0.29) is 47.5 Å². The van der Waals surface area contributed by atoms with Gasteiger partial charge in [0.2, 0.25) is 11.8 Å². The fraction of sp³-hybridized carbons (Fsp3) is 0.406. The van der Waals surface area contributed by atoms with E-state index in [4.69, 9.17) is 0 Å². The van der Waals surface area contributed by atoms with Crippen molar-refractivity contribution in [1.82, 2.24) is 4.90 Å². The predicted molar refractivity (Wildman–Crippen MR) is 168 cm³/mol. The second-order valence-corrected chi connectivity index (χ2v) is 13.7. The number of aliphatic hydroxyl groups is 1. The number of carbonyl (C=O) groups excluding carboxylic acids is 3. The van der Waals surface area contributed by atoms with E-state index in [9.17, 15) is 19.5 Å². The van der Waals surface area contributed by atoms with Gasteiger partial charge in [-0.3, -0.25) is 14.4 Å². The first-order valence-electron chi connectivity index (χ1n) is 13.9.